The van der Waals surface area contributed by atoms with Crippen LogP contribution in [0.4, 0.5) is 0 Å². The lowest BCUT2D eigenvalue weighted by Gasteiger charge is -2.06. The summed E-state index contributed by atoms with van der Waals surface area (Å²) >= 11 is 2.84. The van der Waals surface area contributed by atoms with Crippen molar-refractivity contribution in [2.45, 2.75) is 13.8 Å². The maximum Gasteiger partial charge on any atom is 0.374 e. The van der Waals surface area contributed by atoms with E-state index in [9.17, 15) is 9.90 Å². The van der Waals surface area contributed by atoms with Gasteiger partial charge in [0.1, 0.15) is 5.39 Å². The van der Waals surface area contributed by atoms with E-state index in [0.717, 1.165) is 20.8 Å². The Morgan fingerprint density at radius 3 is 2.41 bits per heavy atom. The van der Waals surface area contributed by atoms with Gasteiger partial charge in [-0.3, -0.25) is 0 Å². The summed E-state index contributed by atoms with van der Waals surface area (Å²) in [6, 6.07) is 13.3. The van der Waals surface area contributed by atoms with Crippen molar-refractivity contribution in [2.24, 2.45) is 0 Å². The van der Waals surface area contributed by atoms with Crippen LogP contribution in [0, 0.1) is 13.8 Å². The quantitative estimate of drug-likeness (QED) is 0.432. The molecule has 0 saturated heterocycles. The number of aromatic nitrogens is 3. The second-order valence-electron chi connectivity index (χ2n) is 6.36. The molecular weight excluding hydrogens is 378 g/mol. The van der Waals surface area contributed by atoms with Gasteiger partial charge in [-0.05, 0) is 48.4 Å². The topological polar surface area (TPSA) is 54.1 Å². The fourth-order valence-corrected chi connectivity index (χ4v) is 5.68. The van der Waals surface area contributed by atoms with Crippen LogP contribution in [0.5, 0.6) is 5.88 Å². The fourth-order valence-electron chi connectivity index (χ4n) is 3.33. The van der Waals surface area contributed by atoms with Gasteiger partial charge in [0.05, 0.1) is 10.8 Å². The van der Waals surface area contributed by atoms with Crippen LogP contribution >= 0.6 is 22.7 Å². The lowest BCUT2D eigenvalue weighted by atomic mass is 10.2. The van der Waals surface area contributed by atoms with Crippen molar-refractivity contribution in [1.82, 2.24) is 9.35 Å². The third kappa shape index (κ3) is 2.22. The summed E-state index contributed by atoms with van der Waals surface area (Å²) in [5.74, 6) is -0.0895. The van der Waals surface area contributed by atoms with E-state index in [1.807, 2.05) is 68.7 Å². The molecule has 4 heterocycles. The zero-order valence-electron chi connectivity index (χ0n) is 14.7. The number of rotatable bonds is 2. The van der Waals surface area contributed by atoms with Crippen LogP contribution in [0.1, 0.15) is 10.4 Å². The molecule has 134 valence electrons. The zero-order valence-corrected chi connectivity index (χ0v) is 16.3. The monoisotopic (exact) mass is 393 g/mol. The smallest absolute Gasteiger partial charge is 0.374 e. The first-order valence-electron chi connectivity index (χ1n) is 8.47. The van der Waals surface area contributed by atoms with E-state index in [1.165, 1.54) is 22.7 Å². The van der Waals surface area contributed by atoms with Crippen LogP contribution in [-0.4, -0.2) is 9.35 Å². The standard InChI is InChI=1S/C20H15N3O2S2/c1-12-13(2)26-19-15(12)17(24)23(21-10-6-7-11-21)20-22(19)18(25)16(27-20)14-8-4-3-5-9-14/h3-11H,1-2H3. The molecule has 27 heavy (non-hydrogen) atoms. The highest BCUT2D eigenvalue weighted by atomic mass is 32.1. The van der Waals surface area contributed by atoms with Crippen molar-refractivity contribution in [2.75, 3.05) is 0 Å². The number of hydrogen-bond acceptors (Lipinski definition) is 4. The van der Waals surface area contributed by atoms with Crippen LogP contribution in [0.25, 0.3) is 25.6 Å². The number of nitrogens with zero attached hydrogens (tertiary/aromatic N) is 3. The molecule has 0 spiro atoms. The maximum absolute atomic E-state index is 13.4. The van der Waals surface area contributed by atoms with Crippen molar-refractivity contribution in [3.8, 4) is 16.3 Å². The van der Waals surface area contributed by atoms with Crippen molar-refractivity contribution in [1.29, 1.82) is 0 Å². The van der Waals surface area contributed by atoms with Crippen LogP contribution in [-0.2, 0) is 0 Å². The molecule has 0 aliphatic rings. The normalized spacial score (nSPS) is 11.6. The van der Waals surface area contributed by atoms with Gasteiger partial charge >= 0.3 is 10.5 Å². The highest BCUT2D eigenvalue weighted by Gasteiger charge is 2.28. The molecule has 0 radical (unpaired) electrons. The Hall–Kier alpha value is -2.90. The molecule has 0 unspecified atom stereocenters. The van der Waals surface area contributed by atoms with Crippen molar-refractivity contribution >= 4 is 37.9 Å². The molecule has 7 heteroatoms. The van der Waals surface area contributed by atoms with Gasteiger partial charge in [0.25, 0.3) is 0 Å². The number of fused-ring (bicyclic) bond motifs is 3. The highest BCUT2D eigenvalue weighted by Crippen LogP contribution is 2.35. The minimum atomic E-state index is -0.107. The van der Waals surface area contributed by atoms with Gasteiger partial charge in [-0.25, -0.2) is 4.79 Å². The third-order valence-electron chi connectivity index (χ3n) is 4.79. The molecule has 4 aromatic heterocycles. The first-order chi connectivity index (χ1) is 13.1. The average Bonchev–Trinajstić information content (AvgIpc) is 3.37. The van der Waals surface area contributed by atoms with E-state index in [4.69, 9.17) is 0 Å². The summed E-state index contributed by atoms with van der Waals surface area (Å²) in [5.41, 5.74) is 1.69. The number of hydrogen-bond donors (Lipinski definition) is 0. The molecule has 0 N–H and O–H groups in total. The molecule has 1 aromatic carbocycles. The van der Waals surface area contributed by atoms with Gasteiger partial charge in [-0.15, -0.1) is 0 Å². The van der Waals surface area contributed by atoms with E-state index < -0.39 is 0 Å². The van der Waals surface area contributed by atoms with Gasteiger partial charge in [0.15, 0.2) is 0 Å². The predicted octanol–water partition coefficient (Wildman–Crippen LogP) is 3.33. The predicted molar refractivity (Wildman–Crippen MR) is 107 cm³/mol. The van der Waals surface area contributed by atoms with Crippen molar-refractivity contribution in [3.05, 3.63) is 75.7 Å². The molecule has 0 amide bonds. The van der Waals surface area contributed by atoms with E-state index in [-0.39, 0.29) is 11.4 Å². The molecule has 0 aliphatic heterocycles. The minimum Gasteiger partial charge on any atom is -0.841 e. The minimum absolute atomic E-state index is 0.0895. The Balaban J connectivity index is 2.03. The molecule has 5 rings (SSSR count). The molecule has 0 atom stereocenters. The fraction of sp³-hybridized carbons (Fsp3) is 0.100. The summed E-state index contributed by atoms with van der Waals surface area (Å²) in [5, 5.41) is 14.0. The maximum atomic E-state index is 13.4. The summed E-state index contributed by atoms with van der Waals surface area (Å²) in [6.45, 7) is 3.93. The second kappa shape index (κ2) is 5.80. The van der Waals surface area contributed by atoms with Crippen molar-refractivity contribution in [3.63, 3.8) is 0 Å². The molecule has 0 aliphatic carbocycles. The number of aryl methyl sites for hydroxylation is 2. The van der Waals surface area contributed by atoms with Crippen LogP contribution in [0.15, 0.2) is 59.7 Å². The average molecular weight is 393 g/mol. The third-order valence-corrected chi connectivity index (χ3v) is 7.14. The lowest BCUT2D eigenvalue weighted by Crippen LogP contribution is -2.36. The Morgan fingerprint density at radius 2 is 1.70 bits per heavy atom. The van der Waals surface area contributed by atoms with Crippen LogP contribution < -0.4 is 15.1 Å². The summed E-state index contributed by atoms with van der Waals surface area (Å²) in [6.07, 6.45) is 3.63. The van der Waals surface area contributed by atoms with Gasteiger partial charge in [-0.2, -0.15) is 9.08 Å². The van der Waals surface area contributed by atoms with Crippen LogP contribution in [0.2, 0.25) is 0 Å². The zero-order chi connectivity index (χ0) is 18.7. The summed E-state index contributed by atoms with van der Waals surface area (Å²) in [4.78, 5) is 16.4. The highest BCUT2D eigenvalue weighted by molar-refractivity contribution is 7.20. The molecular formula is C20H15N3O2S2. The van der Waals surface area contributed by atoms with Gasteiger partial charge in [0.2, 0.25) is 4.83 Å². The molecule has 5 nitrogen and oxygen atoms in total. The van der Waals surface area contributed by atoms with E-state index in [2.05, 4.69) is 0 Å². The Labute approximate surface area is 162 Å². The molecule has 5 aromatic rings. The molecule has 0 fully saturated rings. The van der Waals surface area contributed by atoms with Gasteiger partial charge in [0, 0.05) is 17.3 Å². The molecule has 0 saturated carbocycles. The summed E-state index contributed by atoms with van der Waals surface area (Å²) < 4.78 is 5.00. The van der Waals surface area contributed by atoms with E-state index in [1.54, 1.807) is 13.8 Å². The van der Waals surface area contributed by atoms with E-state index >= 15 is 0 Å². The van der Waals surface area contributed by atoms with Crippen LogP contribution in [0.3, 0.4) is 0 Å². The second-order valence-corrected chi connectivity index (χ2v) is 8.54. The number of benzene rings is 1. The number of thiazole rings is 1. The first kappa shape index (κ1) is 16.3. The Bertz CT molecular complexity index is 1360. The largest absolute Gasteiger partial charge is 0.841 e. The van der Waals surface area contributed by atoms with Gasteiger partial charge < -0.3 is 5.11 Å². The Kier molecular flexibility index (Phi) is 3.50. The SMILES string of the molecule is Cc1sc2c(c1C)c(=O)n(-n1cccc1)c1sc(-c3ccccc3)c([O-])[n+]21. The van der Waals surface area contributed by atoms with Crippen molar-refractivity contribution < 1.29 is 9.51 Å². The lowest BCUT2D eigenvalue weighted by molar-refractivity contribution is -0.559. The van der Waals surface area contributed by atoms with E-state index in [0.29, 0.717) is 15.2 Å². The first-order valence-corrected chi connectivity index (χ1v) is 10.1. The van der Waals surface area contributed by atoms with Gasteiger partial charge in [-0.1, -0.05) is 46.3 Å². The molecule has 0 bridgehead atoms. The summed E-state index contributed by atoms with van der Waals surface area (Å²) in [7, 11) is 0. The number of thiophene rings is 1. The Morgan fingerprint density at radius 1 is 1.00 bits per heavy atom.